The molecule has 0 bridgehead atoms. The summed E-state index contributed by atoms with van der Waals surface area (Å²) in [6.07, 6.45) is 0.710. The molecule has 1 aromatic rings. The standard InChI is InChI=1S/C15H21N3O3/c1-4-9(2)13(14(16)20)18-15(21)11-7-5-6-8-12(11)17-10(3)19/h5-9,13H,4H2,1-3H3,(H2,16,20)(H,17,19)(H,18,21)/t9-,13+/m1/s1. The average Bonchev–Trinajstić information content (AvgIpc) is 2.43. The van der Waals surface area contributed by atoms with E-state index in [9.17, 15) is 14.4 Å². The summed E-state index contributed by atoms with van der Waals surface area (Å²) in [5, 5.41) is 5.22. The molecule has 114 valence electrons. The molecule has 6 nitrogen and oxygen atoms in total. The number of carbonyl (C=O) groups excluding carboxylic acids is 3. The van der Waals surface area contributed by atoms with Crippen LogP contribution in [0.5, 0.6) is 0 Å². The summed E-state index contributed by atoms with van der Waals surface area (Å²) < 4.78 is 0. The zero-order valence-electron chi connectivity index (χ0n) is 12.5. The number of primary amides is 1. The van der Waals surface area contributed by atoms with Gasteiger partial charge in [0, 0.05) is 6.92 Å². The highest BCUT2D eigenvalue weighted by Gasteiger charge is 2.25. The Morgan fingerprint density at radius 3 is 2.38 bits per heavy atom. The van der Waals surface area contributed by atoms with Gasteiger partial charge >= 0.3 is 0 Å². The molecule has 0 aliphatic rings. The number of rotatable bonds is 6. The Balaban J connectivity index is 2.97. The number of para-hydroxylation sites is 1. The predicted molar refractivity (Wildman–Crippen MR) is 80.6 cm³/mol. The molecule has 0 heterocycles. The van der Waals surface area contributed by atoms with Crippen LogP contribution in [-0.2, 0) is 9.59 Å². The van der Waals surface area contributed by atoms with Gasteiger partial charge in [0.2, 0.25) is 11.8 Å². The van der Waals surface area contributed by atoms with Crippen LogP contribution in [0.4, 0.5) is 5.69 Å². The molecule has 0 fully saturated rings. The van der Waals surface area contributed by atoms with Crippen molar-refractivity contribution in [3.8, 4) is 0 Å². The van der Waals surface area contributed by atoms with Crippen molar-refractivity contribution in [2.75, 3.05) is 5.32 Å². The molecule has 0 saturated heterocycles. The molecule has 21 heavy (non-hydrogen) atoms. The average molecular weight is 291 g/mol. The fraction of sp³-hybridized carbons (Fsp3) is 0.400. The summed E-state index contributed by atoms with van der Waals surface area (Å²) in [4.78, 5) is 34.9. The van der Waals surface area contributed by atoms with Gasteiger partial charge in [-0.1, -0.05) is 32.4 Å². The van der Waals surface area contributed by atoms with Gasteiger partial charge in [0.25, 0.3) is 5.91 Å². The molecule has 0 aliphatic heterocycles. The lowest BCUT2D eigenvalue weighted by atomic mass is 9.98. The Bertz CT molecular complexity index is 543. The number of hydrogen-bond acceptors (Lipinski definition) is 3. The van der Waals surface area contributed by atoms with E-state index in [1.165, 1.54) is 6.92 Å². The summed E-state index contributed by atoms with van der Waals surface area (Å²) in [6, 6.07) is 5.85. The normalized spacial score (nSPS) is 13.1. The zero-order chi connectivity index (χ0) is 16.0. The van der Waals surface area contributed by atoms with Crippen LogP contribution < -0.4 is 16.4 Å². The lowest BCUT2D eigenvalue weighted by Crippen LogP contribution is -2.48. The van der Waals surface area contributed by atoms with Gasteiger partial charge in [-0.2, -0.15) is 0 Å². The second-order valence-electron chi connectivity index (χ2n) is 4.97. The molecular weight excluding hydrogens is 270 g/mol. The van der Waals surface area contributed by atoms with Crippen molar-refractivity contribution in [2.45, 2.75) is 33.2 Å². The van der Waals surface area contributed by atoms with Crippen molar-refractivity contribution in [2.24, 2.45) is 11.7 Å². The van der Waals surface area contributed by atoms with E-state index in [1.807, 2.05) is 13.8 Å². The third-order valence-corrected chi connectivity index (χ3v) is 3.29. The maximum atomic E-state index is 12.3. The first-order valence-corrected chi connectivity index (χ1v) is 6.83. The highest BCUT2D eigenvalue weighted by atomic mass is 16.2. The number of amides is 3. The monoisotopic (exact) mass is 291 g/mol. The first-order chi connectivity index (χ1) is 9.86. The van der Waals surface area contributed by atoms with Gasteiger partial charge in [-0.25, -0.2) is 0 Å². The van der Waals surface area contributed by atoms with Crippen LogP contribution in [0.15, 0.2) is 24.3 Å². The molecule has 0 spiro atoms. The summed E-state index contributed by atoms with van der Waals surface area (Å²) in [5.74, 6) is -1.36. The Kier molecular flexibility index (Phi) is 5.90. The van der Waals surface area contributed by atoms with Crippen molar-refractivity contribution in [1.29, 1.82) is 0 Å². The molecule has 6 heteroatoms. The molecule has 0 radical (unpaired) electrons. The molecule has 0 aromatic heterocycles. The van der Waals surface area contributed by atoms with Crippen LogP contribution in [0.3, 0.4) is 0 Å². The van der Waals surface area contributed by atoms with E-state index in [2.05, 4.69) is 10.6 Å². The van der Waals surface area contributed by atoms with Gasteiger partial charge < -0.3 is 16.4 Å². The lowest BCUT2D eigenvalue weighted by molar-refractivity contribution is -0.121. The lowest BCUT2D eigenvalue weighted by Gasteiger charge is -2.21. The number of hydrogen-bond donors (Lipinski definition) is 3. The Morgan fingerprint density at radius 1 is 1.24 bits per heavy atom. The molecule has 4 N–H and O–H groups in total. The van der Waals surface area contributed by atoms with Gasteiger partial charge in [0.1, 0.15) is 6.04 Å². The Morgan fingerprint density at radius 2 is 1.86 bits per heavy atom. The van der Waals surface area contributed by atoms with Crippen molar-refractivity contribution in [1.82, 2.24) is 5.32 Å². The van der Waals surface area contributed by atoms with E-state index in [0.29, 0.717) is 17.7 Å². The van der Waals surface area contributed by atoms with Crippen LogP contribution in [-0.4, -0.2) is 23.8 Å². The number of nitrogens with two attached hydrogens (primary N) is 1. The van der Waals surface area contributed by atoms with Gasteiger partial charge in [-0.15, -0.1) is 0 Å². The van der Waals surface area contributed by atoms with E-state index in [0.717, 1.165) is 0 Å². The van der Waals surface area contributed by atoms with E-state index in [4.69, 9.17) is 5.73 Å². The van der Waals surface area contributed by atoms with Gasteiger partial charge in [-0.05, 0) is 18.1 Å². The summed E-state index contributed by atoms with van der Waals surface area (Å²) in [5.41, 5.74) is 6.03. The summed E-state index contributed by atoms with van der Waals surface area (Å²) in [7, 11) is 0. The predicted octanol–water partition coefficient (Wildman–Crippen LogP) is 1.27. The number of anilines is 1. The zero-order valence-corrected chi connectivity index (χ0v) is 12.5. The van der Waals surface area contributed by atoms with Crippen molar-refractivity contribution in [3.63, 3.8) is 0 Å². The van der Waals surface area contributed by atoms with Crippen LogP contribution >= 0.6 is 0 Å². The minimum atomic E-state index is -0.743. The van der Waals surface area contributed by atoms with Gasteiger partial charge in [0.05, 0.1) is 11.3 Å². The van der Waals surface area contributed by atoms with E-state index < -0.39 is 17.9 Å². The highest BCUT2D eigenvalue weighted by molar-refractivity contribution is 6.04. The minimum Gasteiger partial charge on any atom is -0.368 e. The van der Waals surface area contributed by atoms with E-state index >= 15 is 0 Å². The van der Waals surface area contributed by atoms with Crippen molar-refractivity contribution < 1.29 is 14.4 Å². The summed E-state index contributed by atoms with van der Waals surface area (Å²) >= 11 is 0. The second kappa shape index (κ2) is 7.42. The second-order valence-corrected chi connectivity index (χ2v) is 4.97. The molecule has 1 rings (SSSR count). The van der Waals surface area contributed by atoms with Crippen LogP contribution in [0.1, 0.15) is 37.6 Å². The fourth-order valence-corrected chi connectivity index (χ4v) is 1.93. The number of nitrogens with one attached hydrogen (secondary N) is 2. The van der Waals surface area contributed by atoms with Gasteiger partial charge in [0.15, 0.2) is 0 Å². The highest BCUT2D eigenvalue weighted by Crippen LogP contribution is 2.16. The number of benzene rings is 1. The minimum absolute atomic E-state index is 0.0700. The van der Waals surface area contributed by atoms with Crippen LogP contribution in [0.2, 0.25) is 0 Å². The van der Waals surface area contributed by atoms with Crippen molar-refractivity contribution in [3.05, 3.63) is 29.8 Å². The molecule has 3 amide bonds. The largest absolute Gasteiger partial charge is 0.368 e. The first-order valence-electron chi connectivity index (χ1n) is 6.83. The van der Waals surface area contributed by atoms with Crippen molar-refractivity contribution >= 4 is 23.4 Å². The smallest absolute Gasteiger partial charge is 0.254 e. The quantitative estimate of drug-likeness (QED) is 0.735. The molecule has 2 atom stereocenters. The van der Waals surface area contributed by atoms with E-state index in [-0.39, 0.29) is 11.8 Å². The molecule has 1 aromatic carbocycles. The maximum Gasteiger partial charge on any atom is 0.254 e. The molecular formula is C15H21N3O3. The number of carbonyl (C=O) groups is 3. The Hall–Kier alpha value is -2.37. The van der Waals surface area contributed by atoms with Crippen LogP contribution in [0.25, 0.3) is 0 Å². The van der Waals surface area contributed by atoms with Crippen LogP contribution in [0, 0.1) is 5.92 Å². The SMILES string of the molecule is CC[C@@H](C)[C@H](NC(=O)c1ccccc1NC(C)=O)C(N)=O. The van der Waals surface area contributed by atoms with Gasteiger partial charge in [-0.3, -0.25) is 14.4 Å². The Labute approximate surface area is 124 Å². The fourth-order valence-electron chi connectivity index (χ4n) is 1.93. The molecule has 0 saturated carbocycles. The third-order valence-electron chi connectivity index (χ3n) is 3.29. The topological polar surface area (TPSA) is 101 Å². The molecule has 0 unspecified atom stereocenters. The summed E-state index contributed by atoms with van der Waals surface area (Å²) in [6.45, 7) is 5.12. The third kappa shape index (κ3) is 4.59. The first kappa shape index (κ1) is 16.7. The molecule has 0 aliphatic carbocycles. The van der Waals surface area contributed by atoms with E-state index in [1.54, 1.807) is 24.3 Å². The maximum absolute atomic E-state index is 12.3.